The van der Waals surface area contributed by atoms with Gasteiger partial charge in [0, 0.05) is 25.8 Å². The first kappa shape index (κ1) is 46.2. The zero-order valence-electron chi connectivity index (χ0n) is 32.2. The molecule has 48 heavy (non-hydrogen) atoms. The third-order valence-corrected chi connectivity index (χ3v) is 9.10. The van der Waals surface area contributed by atoms with Crippen molar-refractivity contribution in [3.05, 3.63) is 0 Å². The predicted octanol–water partition coefficient (Wildman–Crippen LogP) is 11.0. The number of esters is 2. The first-order valence-electron chi connectivity index (χ1n) is 20.1. The van der Waals surface area contributed by atoms with Gasteiger partial charge in [-0.05, 0) is 58.5 Å². The van der Waals surface area contributed by atoms with Crippen LogP contribution in [0.3, 0.4) is 0 Å². The van der Waals surface area contributed by atoms with Crippen LogP contribution in [0.4, 0.5) is 4.79 Å². The zero-order valence-corrected chi connectivity index (χ0v) is 32.2. The van der Waals surface area contributed by atoms with Crippen molar-refractivity contribution in [2.75, 3.05) is 40.5 Å². The van der Waals surface area contributed by atoms with E-state index in [1.54, 1.807) is 0 Å². The quantitative estimate of drug-likeness (QED) is 0.0370. The lowest BCUT2D eigenvalue weighted by Crippen LogP contribution is -2.23. The van der Waals surface area contributed by atoms with Crippen molar-refractivity contribution in [2.24, 2.45) is 5.92 Å². The summed E-state index contributed by atoms with van der Waals surface area (Å²) in [5.41, 5.74) is 0. The highest BCUT2D eigenvalue weighted by molar-refractivity contribution is 5.69. The fraction of sp³-hybridized carbons (Fsp3) is 0.925. The summed E-state index contributed by atoms with van der Waals surface area (Å²) in [5, 5.41) is 0. The molecule has 0 fully saturated rings. The highest BCUT2D eigenvalue weighted by Gasteiger charge is 2.18. The topological polar surface area (TPSA) is 91.4 Å². The molecule has 0 N–H and O–H groups in total. The molecular weight excluding hydrogens is 606 g/mol. The number of carbonyl (C=O) groups excluding carboxylic acids is 3. The van der Waals surface area contributed by atoms with Gasteiger partial charge in [0.15, 0.2) is 0 Å². The third kappa shape index (κ3) is 32.7. The molecule has 8 heteroatoms. The van der Waals surface area contributed by atoms with E-state index in [1.165, 1.54) is 70.6 Å². The van der Waals surface area contributed by atoms with Crippen LogP contribution in [-0.2, 0) is 28.5 Å². The largest absolute Gasteiger partial charge is 0.508 e. The number of ether oxygens (including phenoxy) is 4. The minimum atomic E-state index is -0.632. The third-order valence-electron chi connectivity index (χ3n) is 9.10. The molecule has 0 aromatic carbocycles. The summed E-state index contributed by atoms with van der Waals surface area (Å²) in [5.74, 6) is 0.183. The van der Waals surface area contributed by atoms with Gasteiger partial charge in [-0.2, -0.15) is 0 Å². The summed E-state index contributed by atoms with van der Waals surface area (Å²) in [7, 11) is 3.98. The Morgan fingerprint density at radius 3 is 1.65 bits per heavy atom. The second-order valence-electron chi connectivity index (χ2n) is 14.0. The van der Waals surface area contributed by atoms with Crippen LogP contribution in [0.2, 0.25) is 0 Å². The molecule has 0 bridgehead atoms. The SMILES string of the molecule is CCCCCCCCC(CC)CC(=O)OCCC(CCCCCCCCCCOC(=O)CCCCCCC)OC(=O)OCCCN(C)C. The molecule has 0 saturated heterocycles. The van der Waals surface area contributed by atoms with Crippen molar-refractivity contribution in [3.63, 3.8) is 0 Å². The highest BCUT2D eigenvalue weighted by Crippen LogP contribution is 2.20. The average molecular weight is 684 g/mol. The number of unbranched alkanes of at least 4 members (excludes halogenated alkanes) is 16. The Labute approximate surface area is 296 Å². The monoisotopic (exact) mass is 684 g/mol. The summed E-state index contributed by atoms with van der Waals surface area (Å²) in [4.78, 5) is 38.8. The fourth-order valence-corrected chi connectivity index (χ4v) is 5.90. The van der Waals surface area contributed by atoms with Gasteiger partial charge in [0.25, 0.3) is 0 Å². The number of nitrogens with zero attached hydrogens (tertiary/aromatic N) is 1. The van der Waals surface area contributed by atoms with E-state index in [4.69, 9.17) is 18.9 Å². The Kier molecular flexibility index (Phi) is 33.7. The molecule has 284 valence electrons. The van der Waals surface area contributed by atoms with Crippen LogP contribution in [0, 0.1) is 5.92 Å². The van der Waals surface area contributed by atoms with Crippen molar-refractivity contribution in [2.45, 2.75) is 194 Å². The maximum absolute atomic E-state index is 12.6. The van der Waals surface area contributed by atoms with Crippen LogP contribution in [0.1, 0.15) is 188 Å². The van der Waals surface area contributed by atoms with Crippen molar-refractivity contribution in [3.8, 4) is 0 Å². The van der Waals surface area contributed by atoms with E-state index in [0.29, 0.717) is 38.4 Å². The minimum absolute atomic E-state index is 0.0477. The molecule has 0 aromatic rings. The molecule has 0 saturated carbocycles. The van der Waals surface area contributed by atoms with E-state index in [-0.39, 0.29) is 24.6 Å². The lowest BCUT2D eigenvalue weighted by molar-refractivity contribution is -0.146. The Morgan fingerprint density at radius 1 is 0.521 bits per heavy atom. The molecular formula is C40H77NO7. The Hall–Kier alpha value is -1.83. The number of hydrogen-bond acceptors (Lipinski definition) is 8. The first-order chi connectivity index (χ1) is 23.3. The second kappa shape index (κ2) is 35.0. The van der Waals surface area contributed by atoms with E-state index >= 15 is 0 Å². The smallest absolute Gasteiger partial charge is 0.466 e. The van der Waals surface area contributed by atoms with Crippen LogP contribution in [0.5, 0.6) is 0 Å². The summed E-state index contributed by atoms with van der Waals surface area (Å²) in [6.07, 6.45) is 26.2. The number of rotatable bonds is 35. The molecule has 0 aliphatic rings. The van der Waals surface area contributed by atoms with Gasteiger partial charge in [-0.1, -0.05) is 130 Å². The summed E-state index contributed by atoms with van der Waals surface area (Å²) >= 11 is 0. The molecule has 2 atom stereocenters. The summed E-state index contributed by atoms with van der Waals surface area (Å²) < 4.78 is 22.0. The molecule has 0 rings (SSSR count). The van der Waals surface area contributed by atoms with E-state index in [9.17, 15) is 14.4 Å². The van der Waals surface area contributed by atoms with Crippen LogP contribution in [0.25, 0.3) is 0 Å². The number of hydrogen-bond donors (Lipinski definition) is 0. The van der Waals surface area contributed by atoms with Gasteiger partial charge in [-0.15, -0.1) is 0 Å². The predicted molar refractivity (Wildman–Crippen MR) is 197 cm³/mol. The minimum Gasteiger partial charge on any atom is -0.466 e. The Balaban J connectivity index is 4.26. The van der Waals surface area contributed by atoms with Crippen LogP contribution in [0.15, 0.2) is 0 Å². The molecule has 0 heterocycles. The lowest BCUT2D eigenvalue weighted by Gasteiger charge is -2.19. The maximum Gasteiger partial charge on any atom is 0.508 e. The van der Waals surface area contributed by atoms with Crippen LogP contribution < -0.4 is 0 Å². The van der Waals surface area contributed by atoms with Gasteiger partial charge in [-0.25, -0.2) is 4.79 Å². The van der Waals surface area contributed by atoms with Crippen LogP contribution in [-0.4, -0.2) is 69.6 Å². The van der Waals surface area contributed by atoms with Gasteiger partial charge >= 0.3 is 18.1 Å². The maximum atomic E-state index is 12.6. The van der Waals surface area contributed by atoms with Gasteiger partial charge in [0.05, 0.1) is 19.8 Å². The Morgan fingerprint density at radius 2 is 1.04 bits per heavy atom. The fourth-order valence-electron chi connectivity index (χ4n) is 5.90. The molecule has 0 aliphatic carbocycles. The van der Waals surface area contributed by atoms with Crippen molar-refractivity contribution >= 4 is 18.1 Å². The van der Waals surface area contributed by atoms with E-state index in [1.807, 2.05) is 14.1 Å². The van der Waals surface area contributed by atoms with Crippen molar-refractivity contribution in [1.82, 2.24) is 4.90 Å². The normalized spacial score (nSPS) is 12.5. The lowest BCUT2D eigenvalue weighted by atomic mass is 9.95. The highest BCUT2D eigenvalue weighted by atomic mass is 16.7. The van der Waals surface area contributed by atoms with Gasteiger partial charge in [0.2, 0.25) is 0 Å². The molecule has 0 radical (unpaired) electrons. The van der Waals surface area contributed by atoms with Gasteiger partial charge in [-0.3, -0.25) is 9.59 Å². The van der Waals surface area contributed by atoms with E-state index in [2.05, 4.69) is 25.7 Å². The molecule has 0 amide bonds. The average Bonchev–Trinajstić information content (AvgIpc) is 3.06. The molecule has 0 spiro atoms. The molecule has 8 nitrogen and oxygen atoms in total. The molecule has 0 aliphatic heterocycles. The second-order valence-corrected chi connectivity index (χ2v) is 14.0. The number of carbonyl (C=O) groups is 3. The molecule has 2 unspecified atom stereocenters. The summed E-state index contributed by atoms with van der Waals surface area (Å²) in [6.45, 7) is 8.56. The van der Waals surface area contributed by atoms with Gasteiger partial charge in [0.1, 0.15) is 6.10 Å². The van der Waals surface area contributed by atoms with E-state index < -0.39 is 6.16 Å². The van der Waals surface area contributed by atoms with Gasteiger partial charge < -0.3 is 23.8 Å². The first-order valence-corrected chi connectivity index (χ1v) is 20.1. The van der Waals surface area contributed by atoms with Crippen molar-refractivity contribution in [1.29, 1.82) is 0 Å². The molecule has 0 aromatic heterocycles. The van der Waals surface area contributed by atoms with Crippen molar-refractivity contribution < 1.29 is 33.3 Å². The van der Waals surface area contributed by atoms with Crippen LogP contribution >= 0.6 is 0 Å². The standard InChI is InChI=1S/C40H77NO7/c1-6-9-11-13-19-22-27-36(8-3)35-39(43)46-34-30-37(48-40(44)47-33-26-31-41(4)5)28-23-20-16-14-15-17-21-25-32-45-38(42)29-24-18-12-10-7-2/h36-37H,6-35H2,1-5H3. The Bertz CT molecular complexity index is 745. The van der Waals surface area contributed by atoms with E-state index in [0.717, 1.165) is 83.6 Å². The zero-order chi connectivity index (χ0) is 35.5. The summed E-state index contributed by atoms with van der Waals surface area (Å²) in [6, 6.07) is 0.